The molecule has 0 spiro atoms. The lowest BCUT2D eigenvalue weighted by atomic mass is 10.1. The van der Waals surface area contributed by atoms with Gasteiger partial charge in [-0.05, 0) is 57.4 Å². The summed E-state index contributed by atoms with van der Waals surface area (Å²) >= 11 is 0. The van der Waals surface area contributed by atoms with E-state index >= 15 is 0 Å². The second-order valence-electron chi connectivity index (χ2n) is 7.98. The van der Waals surface area contributed by atoms with E-state index in [-0.39, 0.29) is 6.17 Å². The second kappa shape index (κ2) is 7.47. The molecule has 29 heavy (non-hydrogen) atoms. The fraction of sp³-hybridized carbons (Fsp3) is 0.308. The summed E-state index contributed by atoms with van der Waals surface area (Å²) in [6.45, 7) is 11.9. The molecule has 0 saturated carbocycles. The van der Waals surface area contributed by atoms with Crippen molar-refractivity contribution in [3.05, 3.63) is 71.3 Å². The van der Waals surface area contributed by atoms with Gasteiger partial charge in [-0.3, -0.25) is 0 Å². The van der Waals surface area contributed by atoms with Gasteiger partial charge in [-0.1, -0.05) is 48.5 Å². The molecule has 1 heterocycles. The van der Waals surface area contributed by atoms with Crippen LogP contribution >= 0.6 is 0 Å². The molecule has 0 radical (unpaired) electrons. The summed E-state index contributed by atoms with van der Waals surface area (Å²) < 4.78 is 6.45. The monoisotopic (exact) mass is 386 g/mol. The maximum Gasteiger partial charge on any atom is 0.159 e. The van der Waals surface area contributed by atoms with Crippen LogP contribution in [-0.2, 0) is 0 Å². The van der Waals surface area contributed by atoms with Crippen molar-refractivity contribution < 1.29 is 4.42 Å². The van der Waals surface area contributed by atoms with Gasteiger partial charge < -0.3 is 14.2 Å². The molecule has 0 aliphatic heterocycles. The van der Waals surface area contributed by atoms with Crippen molar-refractivity contribution in [1.82, 2.24) is 0 Å². The molecule has 0 N–H and O–H groups in total. The minimum absolute atomic E-state index is 0.180. The molecule has 4 aromatic rings. The largest absolute Gasteiger partial charge is 0.454 e. The Bertz CT molecular complexity index is 1170. The van der Waals surface area contributed by atoms with E-state index in [4.69, 9.17) is 4.42 Å². The van der Waals surface area contributed by atoms with E-state index in [2.05, 4.69) is 106 Å². The third kappa shape index (κ3) is 3.15. The van der Waals surface area contributed by atoms with Crippen LogP contribution in [0, 0.1) is 20.8 Å². The third-order valence-corrected chi connectivity index (χ3v) is 6.17. The molecular weight excluding hydrogens is 356 g/mol. The first-order valence-electron chi connectivity index (χ1n) is 10.4. The molecule has 1 aromatic heterocycles. The summed E-state index contributed by atoms with van der Waals surface area (Å²) in [5.74, 6) is 0. The SMILES string of the molecule is CCN(c1ccccc1C)[C@@H](C)N(C)c1c(C)ccc2c1oc1c(C)cccc12. The van der Waals surface area contributed by atoms with Crippen molar-refractivity contribution in [2.75, 3.05) is 23.4 Å². The highest BCUT2D eigenvalue weighted by molar-refractivity contribution is 6.10. The second-order valence-corrected chi connectivity index (χ2v) is 7.98. The van der Waals surface area contributed by atoms with Gasteiger partial charge in [-0.15, -0.1) is 0 Å². The van der Waals surface area contributed by atoms with Gasteiger partial charge in [0, 0.05) is 30.1 Å². The number of aryl methyl sites for hydroxylation is 3. The van der Waals surface area contributed by atoms with Crippen molar-refractivity contribution in [3.8, 4) is 0 Å². The van der Waals surface area contributed by atoms with Crippen LogP contribution in [0.5, 0.6) is 0 Å². The molecule has 0 aliphatic carbocycles. The maximum atomic E-state index is 6.45. The van der Waals surface area contributed by atoms with Gasteiger partial charge in [0.05, 0.1) is 11.9 Å². The fourth-order valence-corrected chi connectivity index (χ4v) is 4.44. The van der Waals surface area contributed by atoms with Crippen LogP contribution in [0.15, 0.2) is 59.0 Å². The lowest BCUT2D eigenvalue weighted by molar-refractivity contribution is 0.622. The number of hydrogen-bond acceptors (Lipinski definition) is 3. The quantitative estimate of drug-likeness (QED) is 0.351. The number of nitrogens with zero attached hydrogens (tertiary/aromatic N) is 2. The van der Waals surface area contributed by atoms with Crippen LogP contribution in [0.25, 0.3) is 21.9 Å². The highest BCUT2D eigenvalue weighted by atomic mass is 16.3. The van der Waals surface area contributed by atoms with E-state index in [9.17, 15) is 0 Å². The summed E-state index contributed by atoms with van der Waals surface area (Å²) in [7, 11) is 2.17. The summed E-state index contributed by atoms with van der Waals surface area (Å²) in [5, 5.41) is 2.37. The van der Waals surface area contributed by atoms with Crippen LogP contribution in [0.3, 0.4) is 0 Å². The first kappa shape index (κ1) is 19.4. The van der Waals surface area contributed by atoms with Crippen molar-refractivity contribution in [3.63, 3.8) is 0 Å². The van der Waals surface area contributed by atoms with Crippen LogP contribution in [0.4, 0.5) is 11.4 Å². The molecule has 3 nitrogen and oxygen atoms in total. The van der Waals surface area contributed by atoms with E-state index in [1.54, 1.807) is 0 Å². The lowest BCUT2D eigenvalue weighted by Gasteiger charge is -2.39. The Morgan fingerprint density at radius 1 is 0.793 bits per heavy atom. The first-order valence-corrected chi connectivity index (χ1v) is 10.4. The molecule has 3 aromatic carbocycles. The van der Waals surface area contributed by atoms with Crippen LogP contribution in [0.1, 0.15) is 30.5 Å². The average molecular weight is 387 g/mol. The highest BCUT2D eigenvalue weighted by Gasteiger charge is 2.24. The van der Waals surface area contributed by atoms with Gasteiger partial charge in [0.25, 0.3) is 0 Å². The fourth-order valence-electron chi connectivity index (χ4n) is 4.44. The zero-order chi connectivity index (χ0) is 20.7. The zero-order valence-electron chi connectivity index (χ0n) is 18.3. The van der Waals surface area contributed by atoms with Crippen molar-refractivity contribution in [2.24, 2.45) is 0 Å². The zero-order valence-corrected chi connectivity index (χ0v) is 18.3. The van der Waals surface area contributed by atoms with Gasteiger partial charge in [0.1, 0.15) is 5.58 Å². The van der Waals surface area contributed by atoms with E-state index in [1.165, 1.54) is 33.2 Å². The number of rotatable bonds is 5. The lowest BCUT2D eigenvalue weighted by Crippen LogP contribution is -2.45. The predicted octanol–water partition coefficient (Wildman–Crippen LogP) is 6.82. The Balaban J connectivity index is 1.85. The number of hydrogen-bond donors (Lipinski definition) is 0. The molecule has 0 unspecified atom stereocenters. The number of furan rings is 1. The Kier molecular flexibility index (Phi) is 4.99. The van der Waals surface area contributed by atoms with Gasteiger partial charge in [0.2, 0.25) is 0 Å². The molecule has 0 amide bonds. The van der Waals surface area contributed by atoms with Gasteiger partial charge in [-0.25, -0.2) is 0 Å². The highest BCUT2D eigenvalue weighted by Crippen LogP contribution is 2.39. The topological polar surface area (TPSA) is 19.6 Å². The van der Waals surface area contributed by atoms with E-state index in [0.29, 0.717) is 0 Å². The molecule has 1 atom stereocenters. The number of anilines is 2. The minimum atomic E-state index is 0.180. The maximum absolute atomic E-state index is 6.45. The normalized spacial score (nSPS) is 12.5. The van der Waals surface area contributed by atoms with E-state index in [1.807, 2.05) is 0 Å². The summed E-state index contributed by atoms with van der Waals surface area (Å²) in [6.07, 6.45) is 0.180. The molecule has 4 rings (SSSR count). The molecule has 0 aliphatic rings. The van der Waals surface area contributed by atoms with Crippen molar-refractivity contribution in [1.29, 1.82) is 0 Å². The predicted molar refractivity (Wildman–Crippen MR) is 125 cm³/mol. The third-order valence-electron chi connectivity index (χ3n) is 6.17. The molecule has 150 valence electrons. The Hall–Kier alpha value is -2.94. The van der Waals surface area contributed by atoms with Gasteiger partial charge in [-0.2, -0.15) is 0 Å². The standard InChI is InChI=1S/C26H30N2O/c1-7-28(23-14-9-8-11-17(23)2)20(5)27(6)24-18(3)15-16-22-21-13-10-12-19(4)25(21)29-26(22)24/h8-16,20H,7H2,1-6H3/t20-/m0/s1. The number of para-hydroxylation sites is 2. The van der Waals surface area contributed by atoms with Crippen LogP contribution < -0.4 is 9.80 Å². The Labute approximate surface area is 173 Å². The van der Waals surface area contributed by atoms with Crippen LogP contribution in [0.2, 0.25) is 0 Å². The first-order chi connectivity index (χ1) is 13.9. The molecule has 0 bridgehead atoms. The van der Waals surface area contributed by atoms with Crippen molar-refractivity contribution >= 4 is 33.3 Å². The van der Waals surface area contributed by atoms with Gasteiger partial charge >= 0.3 is 0 Å². The van der Waals surface area contributed by atoms with Crippen molar-refractivity contribution in [2.45, 2.75) is 40.8 Å². The molecule has 0 fully saturated rings. The Morgan fingerprint density at radius 3 is 2.21 bits per heavy atom. The molecule has 0 saturated heterocycles. The summed E-state index contributed by atoms with van der Waals surface area (Å²) in [5.41, 5.74) is 8.10. The van der Waals surface area contributed by atoms with E-state index in [0.717, 1.165) is 23.4 Å². The summed E-state index contributed by atoms with van der Waals surface area (Å²) in [4.78, 5) is 4.80. The minimum Gasteiger partial charge on any atom is -0.454 e. The average Bonchev–Trinajstić information content (AvgIpc) is 3.09. The smallest absolute Gasteiger partial charge is 0.159 e. The molecular formula is C26H30N2O. The van der Waals surface area contributed by atoms with E-state index < -0.39 is 0 Å². The van der Waals surface area contributed by atoms with Crippen LogP contribution in [-0.4, -0.2) is 19.8 Å². The molecule has 3 heteroatoms. The summed E-state index contributed by atoms with van der Waals surface area (Å²) in [6, 6.07) is 19.4. The number of fused-ring (bicyclic) bond motifs is 3. The number of benzene rings is 3. The van der Waals surface area contributed by atoms with Gasteiger partial charge in [0.15, 0.2) is 5.58 Å². The Morgan fingerprint density at radius 2 is 1.48 bits per heavy atom.